The Hall–Kier alpha value is -1.75. The van der Waals surface area contributed by atoms with E-state index in [4.69, 9.17) is 0 Å². The summed E-state index contributed by atoms with van der Waals surface area (Å²) in [5, 5.41) is 11.0. The third kappa shape index (κ3) is 3.76. The fourth-order valence-corrected chi connectivity index (χ4v) is 4.01. The van der Waals surface area contributed by atoms with Gasteiger partial charge in [0, 0.05) is 19.6 Å². The Balaban J connectivity index is 1.68. The van der Waals surface area contributed by atoms with Gasteiger partial charge in [0.1, 0.15) is 5.82 Å². The number of piperidine rings is 1. The van der Waals surface area contributed by atoms with Crippen LogP contribution in [-0.4, -0.2) is 54.7 Å². The highest BCUT2D eigenvalue weighted by Gasteiger charge is 2.45. The standard InChI is InChI=1S/C21H27FN2O/c1-23(2)21(18-8-4-3-5-9-18)12-14-24(16-20(21)25)13-11-17-7-6-10-19(22)15-17/h3-10,15,20,25H,11-14,16H2,1-2H3/t20-,21+/m0/s1. The van der Waals surface area contributed by atoms with Gasteiger partial charge in [-0.25, -0.2) is 4.39 Å². The van der Waals surface area contributed by atoms with Crippen LogP contribution in [0, 0.1) is 5.82 Å². The summed E-state index contributed by atoms with van der Waals surface area (Å²) < 4.78 is 13.3. The normalized spacial score (nSPS) is 24.6. The predicted molar refractivity (Wildman–Crippen MR) is 99.0 cm³/mol. The SMILES string of the molecule is CN(C)[C@@]1(c2ccccc2)CCN(CCc2cccc(F)c2)C[C@@H]1O. The molecule has 1 saturated heterocycles. The second-order valence-corrected chi connectivity index (χ2v) is 7.13. The van der Waals surface area contributed by atoms with Crippen molar-refractivity contribution in [2.45, 2.75) is 24.5 Å². The largest absolute Gasteiger partial charge is 0.389 e. The molecule has 2 aromatic rings. The van der Waals surface area contributed by atoms with Crippen LogP contribution in [0.1, 0.15) is 17.5 Å². The van der Waals surface area contributed by atoms with E-state index in [-0.39, 0.29) is 11.4 Å². The van der Waals surface area contributed by atoms with Crippen molar-refractivity contribution in [3.8, 4) is 0 Å². The van der Waals surface area contributed by atoms with E-state index >= 15 is 0 Å². The molecule has 3 nitrogen and oxygen atoms in total. The summed E-state index contributed by atoms with van der Waals surface area (Å²) in [5.74, 6) is -0.188. The number of aliphatic hydroxyl groups excluding tert-OH is 1. The molecule has 1 heterocycles. The summed E-state index contributed by atoms with van der Waals surface area (Å²) in [6.07, 6.45) is 1.20. The zero-order chi connectivity index (χ0) is 17.9. The molecule has 4 heteroatoms. The highest BCUT2D eigenvalue weighted by molar-refractivity contribution is 5.27. The lowest BCUT2D eigenvalue weighted by molar-refractivity contribution is -0.0680. The number of nitrogens with zero attached hydrogens (tertiary/aromatic N) is 2. The van der Waals surface area contributed by atoms with Crippen LogP contribution in [0.25, 0.3) is 0 Å². The van der Waals surface area contributed by atoms with Crippen LogP contribution < -0.4 is 0 Å². The quantitative estimate of drug-likeness (QED) is 0.905. The molecule has 0 unspecified atom stereocenters. The molecule has 0 saturated carbocycles. The molecule has 0 bridgehead atoms. The molecule has 1 aliphatic heterocycles. The maximum Gasteiger partial charge on any atom is 0.123 e. The van der Waals surface area contributed by atoms with Gasteiger partial charge in [0.25, 0.3) is 0 Å². The van der Waals surface area contributed by atoms with Crippen LogP contribution >= 0.6 is 0 Å². The first-order valence-corrected chi connectivity index (χ1v) is 8.90. The average molecular weight is 342 g/mol. The number of hydrogen-bond donors (Lipinski definition) is 1. The van der Waals surface area contributed by atoms with Crippen LogP contribution in [0.4, 0.5) is 4.39 Å². The summed E-state index contributed by atoms with van der Waals surface area (Å²) >= 11 is 0. The third-order valence-electron chi connectivity index (χ3n) is 5.47. The Labute approximate surface area is 149 Å². The van der Waals surface area contributed by atoms with Crippen LogP contribution in [0.3, 0.4) is 0 Å². The number of rotatable bonds is 5. The highest BCUT2D eigenvalue weighted by Crippen LogP contribution is 2.37. The first-order valence-electron chi connectivity index (χ1n) is 8.90. The highest BCUT2D eigenvalue weighted by atomic mass is 19.1. The first kappa shape index (κ1) is 18.1. The van der Waals surface area contributed by atoms with Gasteiger partial charge < -0.3 is 10.0 Å². The summed E-state index contributed by atoms with van der Waals surface area (Å²) in [6, 6.07) is 17.0. The van der Waals surface area contributed by atoms with E-state index in [1.807, 2.05) is 38.4 Å². The van der Waals surface area contributed by atoms with Gasteiger partial charge in [-0.2, -0.15) is 0 Å². The summed E-state index contributed by atoms with van der Waals surface area (Å²) in [5.41, 5.74) is 1.82. The van der Waals surface area contributed by atoms with E-state index in [0.29, 0.717) is 6.54 Å². The van der Waals surface area contributed by atoms with Gasteiger partial charge in [-0.15, -0.1) is 0 Å². The molecule has 0 aromatic heterocycles. The molecule has 1 aliphatic rings. The Morgan fingerprint density at radius 3 is 2.56 bits per heavy atom. The lowest BCUT2D eigenvalue weighted by Crippen LogP contribution is -2.60. The summed E-state index contributed by atoms with van der Waals surface area (Å²) in [6.45, 7) is 2.38. The molecule has 0 aliphatic carbocycles. The lowest BCUT2D eigenvalue weighted by Gasteiger charge is -2.50. The zero-order valence-corrected chi connectivity index (χ0v) is 15.0. The monoisotopic (exact) mass is 342 g/mol. The second-order valence-electron chi connectivity index (χ2n) is 7.13. The van der Waals surface area contributed by atoms with E-state index < -0.39 is 6.10 Å². The molecule has 3 rings (SSSR count). The molecule has 134 valence electrons. The van der Waals surface area contributed by atoms with Gasteiger partial charge in [-0.3, -0.25) is 4.90 Å². The first-order chi connectivity index (χ1) is 12.0. The van der Waals surface area contributed by atoms with Gasteiger partial charge in [0.05, 0.1) is 11.6 Å². The van der Waals surface area contributed by atoms with Crippen LogP contribution in [-0.2, 0) is 12.0 Å². The maximum absolute atomic E-state index is 13.3. The molecule has 1 N–H and O–H groups in total. The fourth-order valence-electron chi connectivity index (χ4n) is 4.01. The van der Waals surface area contributed by atoms with Crippen LogP contribution in [0.2, 0.25) is 0 Å². The number of likely N-dealkylation sites (tertiary alicyclic amines) is 1. The van der Waals surface area contributed by atoms with E-state index in [1.165, 1.54) is 6.07 Å². The van der Waals surface area contributed by atoms with Gasteiger partial charge in [-0.1, -0.05) is 42.5 Å². The van der Waals surface area contributed by atoms with Gasteiger partial charge in [0.2, 0.25) is 0 Å². The Morgan fingerprint density at radius 2 is 1.92 bits per heavy atom. The fraction of sp³-hybridized carbons (Fsp3) is 0.429. The van der Waals surface area contributed by atoms with Crippen molar-refractivity contribution in [3.05, 3.63) is 71.5 Å². The number of likely N-dealkylation sites (N-methyl/N-ethyl adjacent to an activating group) is 1. The van der Waals surface area contributed by atoms with Gasteiger partial charge in [0.15, 0.2) is 0 Å². The molecule has 25 heavy (non-hydrogen) atoms. The minimum atomic E-state index is -0.467. The van der Waals surface area contributed by atoms with Crippen molar-refractivity contribution in [3.63, 3.8) is 0 Å². The number of β-amino-alcohol motifs (C(OH)–C–C–N with tert-alkyl or cyclic N) is 1. The van der Waals surface area contributed by atoms with Crippen molar-refractivity contribution in [1.82, 2.24) is 9.80 Å². The van der Waals surface area contributed by atoms with Crippen molar-refractivity contribution in [2.24, 2.45) is 0 Å². The Bertz CT molecular complexity index is 691. The molecule has 2 aromatic carbocycles. The molecule has 0 amide bonds. The third-order valence-corrected chi connectivity index (χ3v) is 5.47. The molecule has 1 fully saturated rings. The maximum atomic E-state index is 13.3. The molecule has 0 spiro atoms. The molecule has 2 atom stereocenters. The topological polar surface area (TPSA) is 26.7 Å². The summed E-state index contributed by atoms with van der Waals surface area (Å²) in [4.78, 5) is 4.43. The minimum Gasteiger partial charge on any atom is -0.389 e. The van der Waals surface area contributed by atoms with Crippen molar-refractivity contribution in [1.29, 1.82) is 0 Å². The van der Waals surface area contributed by atoms with E-state index in [0.717, 1.165) is 37.1 Å². The van der Waals surface area contributed by atoms with Crippen molar-refractivity contribution >= 4 is 0 Å². The predicted octanol–water partition coefficient (Wildman–Crippen LogP) is 2.89. The lowest BCUT2D eigenvalue weighted by atomic mass is 9.77. The van der Waals surface area contributed by atoms with E-state index in [1.54, 1.807) is 12.1 Å². The molecular formula is C21H27FN2O. The molecule has 0 radical (unpaired) electrons. The van der Waals surface area contributed by atoms with Crippen LogP contribution in [0.15, 0.2) is 54.6 Å². The number of aliphatic hydroxyl groups is 1. The second kappa shape index (κ2) is 7.65. The summed E-state index contributed by atoms with van der Waals surface area (Å²) in [7, 11) is 4.08. The van der Waals surface area contributed by atoms with E-state index in [9.17, 15) is 9.50 Å². The average Bonchev–Trinajstić information content (AvgIpc) is 2.61. The smallest absolute Gasteiger partial charge is 0.123 e. The Kier molecular flexibility index (Phi) is 5.52. The van der Waals surface area contributed by atoms with Gasteiger partial charge >= 0.3 is 0 Å². The van der Waals surface area contributed by atoms with Crippen molar-refractivity contribution in [2.75, 3.05) is 33.7 Å². The van der Waals surface area contributed by atoms with Crippen molar-refractivity contribution < 1.29 is 9.50 Å². The van der Waals surface area contributed by atoms with E-state index in [2.05, 4.69) is 21.9 Å². The minimum absolute atomic E-state index is 0.188. The molecular weight excluding hydrogens is 315 g/mol. The van der Waals surface area contributed by atoms with Crippen LogP contribution in [0.5, 0.6) is 0 Å². The van der Waals surface area contributed by atoms with Gasteiger partial charge in [-0.05, 0) is 50.2 Å². The Morgan fingerprint density at radius 1 is 1.16 bits per heavy atom. The number of hydrogen-bond acceptors (Lipinski definition) is 3. The number of benzene rings is 2. The zero-order valence-electron chi connectivity index (χ0n) is 15.0. The number of halogens is 1.